The summed E-state index contributed by atoms with van der Waals surface area (Å²) >= 11 is 1.51. The molecule has 5 heteroatoms. The van der Waals surface area contributed by atoms with Gasteiger partial charge in [-0.25, -0.2) is 4.98 Å². The molecule has 0 aliphatic carbocycles. The molecule has 1 aliphatic heterocycles. The Bertz CT molecular complexity index is 363. The van der Waals surface area contributed by atoms with Gasteiger partial charge in [-0.3, -0.25) is 4.79 Å². The summed E-state index contributed by atoms with van der Waals surface area (Å²) in [5, 5.41) is 2.75. The van der Waals surface area contributed by atoms with Crippen molar-refractivity contribution >= 4 is 17.2 Å². The molecule has 1 atom stereocenters. The van der Waals surface area contributed by atoms with Crippen molar-refractivity contribution in [3.8, 4) is 0 Å². The molecule has 0 spiro atoms. The van der Waals surface area contributed by atoms with Gasteiger partial charge in [0.15, 0.2) is 0 Å². The molecule has 1 aromatic heterocycles. The first-order valence-electron chi connectivity index (χ1n) is 5.14. The van der Waals surface area contributed by atoms with E-state index < -0.39 is 0 Å². The number of nitrogens with two attached hydrogens (primary N) is 1. The molecule has 82 valence electrons. The van der Waals surface area contributed by atoms with Gasteiger partial charge in [0.25, 0.3) is 5.91 Å². The molecule has 0 aromatic carbocycles. The van der Waals surface area contributed by atoms with Crippen molar-refractivity contribution in [1.29, 1.82) is 0 Å². The van der Waals surface area contributed by atoms with Gasteiger partial charge in [0.05, 0.1) is 5.01 Å². The Morgan fingerprint density at radius 1 is 1.73 bits per heavy atom. The van der Waals surface area contributed by atoms with Crippen molar-refractivity contribution in [2.45, 2.75) is 25.8 Å². The topological polar surface area (TPSA) is 59.2 Å². The van der Waals surface area contributed by atoms with Gasteiger partial charge >= 0.3 is 0 Å². The number of amides is 1. The van der Waals surface area contributed by atoms with E-state index in [0.717, 1.165) is 24.4 Å². The minimum atomic E-state index is 0.0227. The Labute approximate surface area is 93.1 Å². The van der Waals surface area contributed by atoms with E-state index in [9.17, 15) is 4.79 Å². The van der Waals surface area contributed by atoms with Crippen molar-refractivity contribution < 1.29 is 4.79 Å². The number of thiazole rings is 1. The lowest BCUT2D eigenvalue weighted by atomic mass is 10.1. The van der Waals surface area contributed by atoms with Crippen molar-refractivity contribution in [2.24, 2.45) is 5.73 Å². The van der Waals surface area contributed by atoms with E-state index in [1.165, 1.54) is 11.3 Å². The average molecular weight is 225 g/mol. The van der Waals surface area contributed by atoms with E-state index >= 15 is 0 Å². The molecule has 0 saturated carbocycles. The highest BCUT2D eigenvalue weighted by molar-refractivity contribution is 7.09. The summed E-state index contributed by atoms with van der Waals surface area (Å²) in [7, 11) is 0. The largest absolute Gasteiger partial charge is 0.336 e. The molecule has 0 unspecified atom stereocenters. The van der Waals surface area contributed by atoms with Gasteiger partial charge < -0.3 is 10.6 Å². The van der Waals surface area contributed by atoms with Crippen molar-refractivity contribution in [1.82, 2.24) is 9.88 Å². The van der Waals surface area contributed by atoms with E-state index in [4.69, 9.17) is 5.73 Å². The van der Waals surface area contributed by atoms with E-state index in [1.807, 2.05) is 17.2 Å². The van der Waals surface area contributed by atoms with Crippen LogP contribution in [-0.2, 0) is 0 Å². The molecule has 1 fully saturated rings. The first kappa shape index (κ1) is 10.6. The maximum absolute atomic E-state index is 12.0. The number of piperidine rings is 1. The van der Waals surface area contributed by atoms with Crippen LogP contribution >= 0.6 is 11.3 Å². The maximum atomic E-state index is 12.0. The lowest BCUT2D eigenvalue weighted by Gasteiger charge is -2.30. The number of carbonyl (C=O) groups is 1. The van der Waals surface area contributed by atoms with Gasteiger partial charge in [-0.05, 0) is 19.8 Å². The number of carbonyl (C=O) groups excluding carboxylic acids is 1. The predicted octanol–water partition coefficient (Wildman–Crippen LogP) is 1.01. The van der Waals surface area contributed by atoms with Crippen molar-refractivity contribution in [2.75, 3.05) is 13.1 Å². The second kappa shape index (κ2) is 4.28. The summed E-state index contributed by atoms with van der Waals surface area (Å²) in [4.78, 5) is 18.0. The second-order valence-electron chi connectivity index (χ2n) is 3.91. The van der Waals surface area contributed by atoms with Gasteiger partial charge in [-0.1, -0.05) is 0 Å². The molecular formula is C10H15N3OS. The van der Waals surface area contributed by atoms with Crippen LogP contribution in [-0.4, -0.2) is 34.9 Å². The molecule has 15 heavy (non-hydrogen) atoms. The highest BCUT2D eigenvalue weighted by atomic mass is 32.1. The fourth-order valence-electron chi connectivity index (χ4n) is 1.82. The number of nitrogens with zero attached hydrogens (tertiary/aromatic N) is 2. The Balaban J connectivity index is 2.07. The minimum absolute atomic E-state index is 0.0227. The summed E-state index contributed by atoms with van der Waals surface area (Å²) in [6.45, 7) is 3.38. The minimum Gasteiger partial charge on any atom is -0.336 e. The third kappa shape index (κ3) is 2.35. The summed E-state index contributed by atoms with van der Waals surface area (Å²) < 4.78 is 0. The molecule has 2 rings (SSSR count). The maximum Gasteiger partial charge on any atom is 0.273 e. The zero-order valence-corrected chi connectivity index (χ0v) is 9.59. The zero-order chi connectivity index (χ0) is 10.8. The molecule has 1 saturated heterocycles. The molecule has 2 heterocycles. The number of rotatable bonds is 1. The Kier molecular flexibility index (Phi) is 3.02. The first-order chi connectivity index (χ1) is 7.16. The van der Waals surface area contributed by atoms with E-state index in [0.29, 0.717) is 12.2 Å². The van der Waals surface area contributed by atoms with Crippen LogP contribution in [0.25, 0.3) is 0 Å². The summed E-state index contributed by atoms with van der Waals surface area (Å²) in [6, 6.07) is 0.127. The highest BCUT2D eigenvalue weighted by Crippen LogP contribution is 2.14. The van der Waals surface area contributed by atoms with E-state index in [2.05, 4.69) is 4.98 Å². The third-order valence-electron chi connectivity index (χ3n) is 2.58. The quantitative estimate of drug-likeness (QED) is 0.776. The molecule has 1 aliphatic rings. The van der Waals surface area contributed by atoms with Gasteiger partial charge in [0, 0.05) is 24.5 Å². The Morgan fingerprint density at radius 2 is 2.53 bits per heavy atom. The molecular weight excluding hydrogens is 210 g/mol. The van der Waals surface area contributed by atoms with Crippen LogP contribution in [0.5, 0.6) is 0 Å². The average Bonchev–Trinajstić information content (AvgIpc) is 2.64. The summed E-state index contributed by atoms with van der Waals surface area (Å²) in [5.41, 5.74) is 6.40. The third-order valence-corrected chi connectivity index (χ3v) is 3.36. The fourth-order valence-corrected chi connectivity index (χ4v) is 2.40. The number of hydrogen-bond donors (Lipinski definition) is 1. The lowest BCUT2D eigenvalue weighted by Crippen LogP contribution is -2.45. The van der Waals surface area contributed by atoms with Crippen molar-refractivity contribution in [3.05, 3.63) is 16.1 Å². The van der Waals surface area contributed by atoms with Gasteiger partial charge in [-0.15, -0.1) is 11.3 Å². The lowest BCUT2D eigenvalue weighted by molar-refractivity contribution is 0.0703. The van der Waals surface area contributed by atoms with Crippen LogP contribution in [0.4, 0.5) is 0 Å². The number of likely N-dealkylation sites (tertiary alicyclic amines) is 1. The van der Waals surface area contributed by atoms with E-state index in [1.54, 1.807) is 0 Å². The van der Waals surface area contributed by atoms with Crippen LogP contribution in [0.15, 0.2) is 5.38 Å². The van der Waals surface area contributed by atoms with Crippen molar-refractivity contribution in [3.63, 3.8) is 0 Å². The van der Waals surface area contributed by atoms with Gasteiger partial charge in [-0.2, -0.15) is 0 Å². The molecule has 4 nitrogen and oxygen atoms in total. The Morgan fingerprint density at radius 3 is 3.13 bits per heavy atom. The monoisotopic (exact) mass is 225 g/mol. The highest BCUT2D eigenvalue weighted by Gasteiger charge is 2.23. The predicted molar refractivity (Wildman–Crippen MR) is 60.0 cm³/mol. The first-order valence-corrected chi connectivity index (χ1v) is 6.02. The molecule has 0 radical (unpaired) electrons. The normalized spacial score (nSPS) is 21.7. The standard InChI is InChI=1S/C10H15N3OS/c1-7-12-9(6-15-7)10(14)13-4-2-3-8(11)5-13/h6,8H,2-5,11H2,1H3/t8-/m0/s1. The second-order valence-corrected chi connectivity index (χ2v) is 4.97. The Hall–Kier alpha value is -0.940. The van der Waals surface area contributed by atoms with Crippen LogP contribution in [0, 0.1) is 6.92 Å². The SMILES string of the molecule is Cc1nc(C(=O)N2CCC[C@H](N)C2)cs1. The number of aromatic nitrogens is 1. The van der Waals surface area contributed by atoms with Gasteiger partial charge in [0.1, 0.15) is 5.69 Å². The molecule has 2 N–H and O–H groups in total. The van der Waals surface area contributed by atoms with Crippen LogP contribution in [0.3, 0.4) is 0 Å². The van der Waals surface area contributed by atoms with Crippen LogP contribution in [0.2, 0.25) is 0 Å². The zero-order valence-electron chi connectivity index (χ0n) is 8.77. The number of aryl methyl sites for hydroxylation is 1. The number of hydrogen-bond acceptors (Lipinski definition) is 4. The molecule has 0 bridgehead atoms. The molecule has 1 aromatic rings. The summed E-state index contributed by atoms with van der Waals surface area (Å²) in [6.07, 6.45) is 2.01. The smallest absolute Gasteiger partial charge is 0.273 e. The van der Waals surface area contributed by atoms with Crippen LogP contribution in [0.1, 0.15) is 28.3 Å². The van der Waals surface area contributed by atoms with E-state index in [-0.39, 0.29) is 11.9 Å². The van der Waals surface area contributed by atoms with Gasteiger partial charge in [0.2, 0.25) is 0 Å². The van der Waals surface area contributed by atoms with Crippen LogP contribution < -0.4 is 5.73 Å². The fraction of sp³-hybridized carbons (Fsp3) is 0.600. The molecule has 1 amide bonds. The summed E-state index contributed by atoms with van der Waals surface area (Å²) in [5.74, 6) is 0.0227.